The van der Waals surface area contributed by atoms with Gasteiger partial charge in [0.1, 0.15) is 0 Å². The zero-order valence-corrected chi connectivity index (χ0v) is 9.34. The van der Waals surface area contributed by atoms with Crippen molar-refractivity contribution in [3.05, 3.63) is 34.4 Å². The molecule has 0 saturated heterocycles. The van der Waals surface area contributed by atoms with E-state index in [1.807, 2.05) is 0 Å². The number of benzene rings is 1. The van der Waals surface area contributed by atoms with Crippen molar-refractivity contribution >= 4 is 39.7 Å². The van der Waals surface area contributed by atoms with Crippen LogP contribution in [0.4, 0.5) is 5.69 Å². The largest absolute Gasteiger partial charge is 0.277 e. The van der Waals surface area contributed by atoms with Gasteiger partial charge in [-0.15, -0.1) is 22.2 Å². The van der Waals surface area contributed by atoms with Gasteiger partial charge >= 0.3 is 0 Å². The number of nitrogens with zero attached hydrogens (tertiary/aromatic N) is 1. The number of rotatable bonds is 2. The van der Waals surface area contributed by atoms with Crippen LogP contribution in [-0.2, 0) is 0 Å². The first-order chi connectivity index (χ1) is 5.91. The average molecular weight is 236 g/mol. The Labute approximate surface area is 85.8 Å². The van der Waals surface area contributed by atoms with Crippen molar-refractivity contribution in [2.24, 2.45) is 0 Å². The number of non-ortho nitro benzene ring substituents is 1. The van der Waals surface area contributed by atoms with Crippen LogP contribution in [0.1, 0.15) is 0 Å². The zero-order chi connectivity index (χ0) is 10.1. The summed E-state index contributed by atoms with van der Waals surface area (Å²) in [5.74, 6) is 0. The van der Waals surface area contributed by atoms with Crippen molar-refractivity contribution in [3.63, 3.8) is 0 Å². The fourth-order valence-corrected chi connectivity index (χ4v) is 2.38. The molecule has 0 fully saturated rings. The van der Waals surface area contributed by atoms with Crippen molar-refractivity contribution in [1.29, 1.82) is 0 Å². The second-order valence-electron chi connectivity index (χ2n) is 2.69. The number of halogens is 2. The predicted molar refractivity (Wildman–Crippen MR) is 56.1 cm³/mol. The number of nitro groups is 1. The zero-order valence-electron chi connectivity index (χ0n) is 6.83. The summed E-state index contributed by atoms with van der Waals surface area (Å²) in [6, 6.07) is 6.02. The lowest BCUT2D eigenvalue weighted by Gasteiger charge is -2.09. The molecule has 0 radical (unpaired) electrons. The molecule has 0 aliphatic carbocycles. The third-order valence-electron chi connectivity index (χ3n) is 1.59. The van der Waals surface area contributed by atoms with Gasteiger partial charge in [-0.25, -0.2) is 0 Å². The molecular weight excluding hydrogens is 229 g/mol. The van der Waals surface area contributed by atoms with Crippen molar-refractivity contribution in [3.8, 4) is 0 Å². The Kier molecular flexibility index (Phi) is 2.95. The van der Waals surface area contributed by atoms with Gasteiger partial charge in [-0.3, -0.25) is 10.1 Å². The highest BCUT2D eigenvalue weighted by atomic mass is 35.7. The fraction of sp³-hybridized carbons (Fsp3) is 0.143. The van der Waals surface area contributed by atoms with E-state index in [-0.39, 0.29) is 5.69 Å². The van der Waals surface area contributed by atoms with Crippen molar-refractivity contribution in [1.82, 2.24) is 0 Å². The summed E-state index contributed by atoms with van der Waals surface area (Å²) in [5.41, 5.74) is 0.0512. The molecule has 0 spiro atoms. The van der Waals surface area contributed by atoms with E-state index in [1.165, 1.54) is 12.1 Å². The van der Waals surface area contributed by atoms with Gasteiger partial charge in [0.2, 0.25) is 0 Å². The predicted octanol–water partition coefficient (Wildman–Crippen LogP) is 2.35. The summed E-state index contributed by atoms with van der Waals surface area (Å²) < 4.78 is 0. The molecule has 0 aliphatic rings. The van der Waals surface area contributed by atoms with Crippen LogP contribution in [0.2, 0.25) is 6.55 Å². The van der Waals surface area contributed by atoms with Crippen LogP contribution in [0.15, 0.2) is 24.3 Å². The molecule has 1 aromatic rings. The minimum Gasteiger partial charge on any atom is -0.258 e. The van der Waals surface area contributed by atoms with Crippen LogP contribution >= 0.6 is 22.2 Å². The molecule has 13 heavy (non-hydrogen) atoms. The highest BCUT2D eigenvalue weighted by Crippen LogP contribution is 2.16. The van der Waals surface area contributed by atoms with Crippen LogP contribution in [0.3, 0.4) is 0 Å². The molecule has 0 bridgehead atoms. The monoisotopic (exact) mass is 235 g/mol. The molecule has 0 saturated carbocycles. The van der Waals surface area contributed by atoms with Crippen LogP contribution in [-0.4, -0.2) is 11.6 Å². The Morgan fingerprint density at radius 3 is 2.08 bits per heavy atom. The molecule has 0 N–H and O–H groups in total. The molecule has 0 aliphatic heterocycles. The van der Waals surface area contributed by atoms with Crippen LogP contribution in [0, 0.1) is 10.1 Å². The maximum absolute atomic E-state index is 10.3. The van der Waals surface area contributed by atoms with Gasteiger partial charge in [0.25, 0.3) is 12.4 Å². The van der Waals surface area contributed by atoms with Crippen molar-refractivity contribution in [2.45, 2.75) is 6.55 Å². The Balaban J connectivity index is 3.01. The average Bonchev–Trinajstić information content (AvgIpc) is 2.03. The lowest BCUT2D eigenvalue weighted by atomic mass is 10.3. The maximum Gasteiger partial charge on any atom is 0.277 e. The van der Waals surface area contributed by atoms with Gasteiger partial charge in [-0.05, 0) is 11.7 Å². The summed E-state index contributed by atoms with van der Waals surface area (Å²) in [4.78, 5) is 9.86. The highest BCUT2D eigenvalue weighted by molar-refractivity contribution is 7.50. The summed E-state index contributed by atoms with van der Waals surface area (Å²) in [5, 5.41) is 11.1. The Hall–Kier alpha value is -0.583. The quantitative estimate of drug-likeness (QED) is 0.342. The normalized spacial score (nSPS) is 11.3. The maximum atomic E-state index is 10.3. The van der Waals surface area contributed by atoms with Crippen molar-refractivity contribution < 1.29 is 4.92 Å². The molecule has 3 nitrogen and oxygen atoms in total. The van der Waals surface area contributed by atoms with E-state index < -0.39 is 11.6 Å². The number of nitro benzene ring substituents is 1. The standard InChI is InChI=1S/C7H7Cl2NO2Si/c1-13(8,9)7-4-2-6(3-5-7)10(11)12/h2-5H,1H3. The molecule has 0 heterocycles. The third-order valence-corrected chi connectivity index (χ3v) is 4.24. The van der Waals surface area contributed by atoms with Gasteiger partial charge in [0.15, 0.2) is 0 Å². The first kappa shape index (κ1) is 10.5. The van der Waals surface area contributed by atoms with E-state index in [0.29, 0.717) is 0 Å². The van der Waals surface area contributed by atoms with Crippen LogP contribution in [0.25, 0.3) is 0 Å². The summed E-state index contributed by atoms with van der Waals surface area (Å²) in [6.07, 6.45) is 0. The van der Waals surface area contributed by atoms with E-state index in [1.54, 1.807) is 18.7 Å². The van der Waals surface area contributed by atoms with Crippen LogP contribution in [0.5, 0.6) is 0 Å². The lowest BCUT2D eigenvalue weighted by Crippen LogP contribution is -2.32. The fourth-order valence-electron chi connectivity index (χ4n) is 0.876. The summed E-state index contributed by atoms with van der Waals surface area (Å²) >= 11 is 11.8. The van der Waals surface area contributed by atoms with Gasteiger partial charge in [0.05, 0.1) is 4.92 Å². The molecule has 1 rings (SSSR count). The van der Waals surface area contributed by atoms with Gasteiger partial charge in [0, 0.05) is 12.1 Å². The molecule has 6 heteroatoms. The lowest BCUT2D eigenvalue weighted by molar-refractivity contribution is -0.384. The van der Waals surface area contributed by atoms with E-state index >= 15 is 0 Å². The summed E-state index contributed by atoms with van der Waals surface area (Å²) in [6.45, 7) is -0.622. The smallest absolute Gasteiger partial charge is 0.258 e. The van der Waals surface area contributed by atoms with E-state index in [9.17, 15) is 10.1 Å². The van der Waals surface area contributed by atoms with Crippen molar-refractivity contribution in [2.75, 3.05) is 0 Å². The second-order valence-corrected chi connectivity index (χ2v) is 10.2. The first-order valence-corrected chi connectivity index (χ1v) is 8.06. The Morgan fingerprint density at radius 1 is 1.31 bits per heavy atom. The topological polar surface area (TPSA) is 43.1 Å². The minimum absolute atomic E-state index is 0.0512. The van der Waals surface area contributed by atoms with Gasteiger partial charge < -0.3 is 0 Å². The highest BCUT2D eigenvalue weighted by Gasteiger charge is 2.24. The van der Waals surface area contributed by atoms with E-state index in [4.69, 9.17) is 22.2 Å². The SMILES string of the molecule is C[Si](Cl)(Cl)c1ccc([N+](=O)[O-])cc1. The molecule has 0 amide bonds. The third kappa shape index (κ3) is 2.69. The van der Waals surface area contributed by atoms with Gasteiger partial charge in [-0.1, -0.05) is 12.1 Å². The molecule has 1 aromatic carbocycles. The summed E-state index contributed by atoms with van der Waals surface area (Å²) in [7, 11) is 0. The molecule has 0 aromatic heterocycles. The number of hydrogen-bond acceptors (Lipinski definition) is 2. The van der Waals surface area contributed by atoms with E-state index in [0.717, 1.165) is 5.19 Å². The van der Waals surface area contributed by atoms with E-state index in [2.05, 4.69) is 0 Å². The molecule has 0 unspecified atom stereocenters. The Morgan fingerprint density at radius 2 is 1.77 bits per heavy atom. The van der Waals surface area contributed by atoms with Crippen LogP contribution < -0.4 is 5.19 Å². The van der Waals surface area contributed by atoms with Gasteiger partial charge in [-0.2, -0.15) is 0 Å². The second kappa shape index (κ2) is 3.65. The molecular formula is C7H7Cl2NO2Si. The first-order valence-electron chi connectivity index (χ1n) is 3.54. The Bertz CT molecular complexity index is 320. The minimum atomic E-state index is -2.37. The molecule has 70 valence electrons. The number of hydrogen-bond donors (Lipinski definition) is 0. The molecule has 0 atom stereocenters.